The van der Waals surface area contributed by atoms with Crippen molar-refractivity contribution in [1.29, 1.82) is 0 Å². The predicted octanol–water partition coefficient (Wildman–Crippen LogP) is 4.96. The average Bonchev–Trinajstić information content (AvgIpc) is 3.09. The summed E-state index contributed by atoms with van der Waals surface area (Å²) in [5, 5.41) is 0.776. The van der Waals surface area contributed by atoms with E-state index < -0.39 is 0 Å². The Balaban J connectivity index is 2.02. The van der Waals surface area contributed by atoms with Gasteiger partial charge in [0.1, 0.15) is 23.2 Å². The van der Waals surface area contributed by atoms with E-state index in [1.165, 1.54) is 6.33 Å². The molecule has 2 heterocycles. The SMILES string of the molecule is CCOc1ncnc2oc(-c3ccccc3)c(-c3ccc(OC)cc3)c12. The van der Waals surface area contributed by atoms with Crippen molar-refractivity contribution in [1.82, 2.24) is 9.97 Å². The minimum Gasteiger partial charge on any atom is -0.497 e. The van der Waals surface area contributed by atoms with E-state index in [1.807, 2.05) is 61.5 Å². The normalized spacial score (nSPS) is 10.8. The number of fused-ring (bicyclic) bond motifs is 1. The first-order valence-corrected chi connectivity index (χ1v) is 8.42. The van der Waals surface area contributed by atoms with Crippen LogP contribution in [0.15, 0.2) is 65.3 Å². The van der Waals surface area contributed by atoms with E-state index in [4.69, 9.17) is 13.9 Å². The molecular formula is C21H18N2O3. The summed E-state index contributed by atoms with van der Waals surface area (Å²) in [6, 6.07) is 17.8. The number of methoxy groups -OCH3 is 1. The highest BCUT2D eigenvalue weighted by molar-refractivity contribution is 6.03. The average molecular weight is 346 g/mol. The second-order valence-electron chi connectivity index (χ2n) is 5.69. The zero-order valence-corrected chi connectivity index (χ0v) is 14.6. The maximum Gasteiger partial charge on any atom is 0.234 e. The van der Waals surface area contributed by atoms with Crippen LogP contribution in [0.25, 0.3) is 33.6 Å². The van der Waals surface area contributed by atoms with Crippen molar-refractivity contribution in [3.8, 4) is 34.1 Å². The van der Waals surface area contributed by atoms with Gasteiger partial charge in [-0.2, -0.15) is 0 Å². The molecule has 130 valence electrons. The summed E-state index contributed by atoms with van der Waals surface area (Å²) in [6.07, 6.45) is 1.46. The van der Waals surface area contributed by atoms with Crippen molar-refractivity contribution in [2.45, 2.75) is 6.92 Å². The van der Waals surface area contributed by atoms with Crippen LogP contribution in [-0.4, -0.2) is 23.7 Å². The molecule has 0 aliphatic rings. The Kier molecular flexibility index (Phi) is 4.27. The lowest BCUT2D eigenvalue weighted by Crippen LogP contribution is -1.96. The monoisotopic (exact) mass is 346 g/mol. The molecule has 5 heteroatoms. The molecule has 0 bridgehead atoms. The van der Waals surface area contributed by atoms with Gasteiger partial charge in [0.25, 0.3) is 0 Å². The number of hydrogen-bond donors (Lipinski definition) is 0. The van der Waals surface area contributed by atoms with E-state index in [0.29, 0.717) is 18.2 Å². The van der Waals surface area contributed by atoms with E-state index >= 15 is 0 Å². The Bertz CT molecular complexity index is 1020. The van der Waals surface area contributed by atoms with Crippen molar-refractivity contribution in [3.63, 3.8) is 0 Å². The molecule has 0 aliphatic carbocycles. The van der Waals surface area contributed by atoms with Crippen molar-refractivity contribution < 1.29 is 13.9 Å². The van der Waals surface area contributed by atoms with Gasteiger partial charge in [0.15, 0.2) is 0 Å². The largest absolute Gasteiger partial charge is 0.497 e. The third-order valence-electron chi connectivity index (χ3n) is 4.15. The molecule has 4 aromatic rings. The molecule has 26 heavy (non-hydrogen) atoms. The number of aromatic nitrogens is 2. The maximum absolute atomic E-state index is 6.12. The van der Waals surface area contributed by atoms with Gasteiger partial charge in [-0.05, 0) is 24.6 Å². The first kappa shape index (κ1) is 16.1. The summed E-state index contributed by atoms with van der Waals surface area (Å²) >= 11 is 0. The van der Waals surface area contributed by atoms with Crippen LogP contribution < -0.4 is 9.47 Å². The fourth-order valence-corrected chi connectivity index (χ4v) is 2.98. The molecule has 4 rings (SSSR count). The number of nitrogens with zero attached hydrogens (tertiary/aromatic N) is 2. The molecule has 0 fully saturated rings. The molecule has 0 saturated carbocycles. The molecule has 2 aromatic heterocycles. The van der Waals surface area contributed by atoms with Crippen molar-refractivity contribution >= 4 is 11.1 Å². The summed E-state index contributed by atoms with van der Waals surface area (Å²) in [5.74, 6) is 2.06. The van der Waals surface area contributed by atoms with Crippen LogP contribution in [0.2, 0.25) is 0 Å². The molecule has 0 N–H and O–H groups in total. The Morgan fingerprint density at radius 2 is 1.69 bits per heavy atom. The zero-order chi connectivity index (χ0) is 17.9. The zero-order valence-electron chi connectivity index (χ0n) is 14.6. The quantitative estimate of drug-likeness (QED) is 0.511. The minimum absolute atomic E-state index is 0.508. The lowest BCUT2D eigenvalue weighted by molar-refractivity contribution is 0.330. The van der Waals surface area contributed by atoms with Crippen LogP contribution in [0.1, 0.15) is 6.92 Å². The number of hydrogen-bond acceptors (Lipinski definition) is 5. The fourth-order valence-electron chi connectivity index (χ4n) is 2.98. The second kappa shape index (κ2) is 6.88. The van der Waals surface area contributed by atoms with Crippen molar-refractivity contribution in [2.75, 3.05) is 13.7 Å². The van der Waals surface area contributed by atoms with Gasteiger partial charge in [-0.3, -0.25) is 0 Å². The standard InChI is InChI=1S/C21H18N2O3/c1-3-25-20-18-17(14-9-11-16(24-2)12-10-14)19(15-7-5-4-6-8-15)26-21(18)23-13-22-20/h4-13H,3H2,1-2H3. The van der Waals surface area contributed by atoms with Gasteiger partial charge in [-0.15, -0.1) is 0 Å². The smallest absolute Gasteiger partial charge is 0.234 e. The molecule has 0 saturated heterocycles. The summed E-state index contributed by atoms with van der Waals surface area (Å²) < 4.78 is 17.1. The molecule has 0 amide bonds. The van der Waals surface area contributed by atoms with E-state index in [1.54, 1.807) is 7.11 Å². The number of furan rings is 1. The van der Waals surface area contributed by atoms with Crippen LogP contribution in [0.5, 0.6) is 11.6 Å². The summed E-state index contributed by atoms with van der Waals surface area (Å²) in [5.41, 5.74) is 3.38. The first-order chi connectivity index (χ1) is 12.8. The summed E-state index contributed by atoms with van der Waals surface area (Å²) in [6.45, 7) is 2.44. The van der Waals surface area contributed by atoms with Gasteiger partial charge in [-0.1, -0.05) is 42.5 Å². The number of rotatable bonds is 5. The lowest BCUT2D eigenvalue weighted by atomic mass is 9.99. The van der Waals surface area contributed by atoms with E-state index in [0.717, 1.165) is 33.6 Å². The van der Waals surface area contributed by atoms with Crippen molar-refractivity contribution in [3.05, 3.63) is 60.9 Å². The van der Waals surface area contributed by atoms with Gasteiger partial charge >= 0.3 is 0 Å². The summed E-state index contributed by atoms with van der Waals surface area (Å²) in [7, 11) is 1.65. The van der Waals surface area contributed by atoms with Gasteiger partial charge in [0, 0.05) is 11.1 Å². The fraction of sp³-hybridized carbons (Fsp3) is 0.143. The van der Waals surface area contributed by atoms with Gasteiger partial charge in [-0.25, -0.2) is 9.97 Å². The Morgan fingerprint density at radius 1 is 0.923 bits per heavy atom. The maximum atomic E-state index is 6.12. The molecule has 0 spiro atoms. The van der Waals surface area contributed by atoms with Gasteiger partial charge in [0.05, 0.1) is 13.7 Å². The van der Waals surface area contributed by atoms with E-state index in [-0.39, 0.29) is 0 Å². The Hall–Kier alpha value is -3.34. The van der Waals surface area contributed by atoms with Crippen LogP contribution >= 0.6 is 0 Å². The first-order valence-electron chi connectivity index (χ1n) is 8.42. The predicted molar refractivity (Wildman–Crippen MR) is 100 cm³/mol. The van der Waals surface area contributed by atoms with E-state index in [2.05, 4.69) is 9.97 Å². The third kappa shape index (κ3) is 2.77. The van der Waals surface area contributed by atoms with Gasteiger partial charge in [0.2, 0.25) is 11.6 Å². The molecule has 2 aromatic carbocycles. The minimum atomic E-state index is 0.508. The Labute approximate surface area is 151 Å². The topological polar surface area (TPSA) is 57.4 Å². The third-order valence-corrected chi connectivity index (χ3v) is 4.15. The molecule has 0 atom stereocenters. The highest BCUT2D eigenvalue weighted by Gasteiger charge is 2.22. The summed E-state index contributed by atoms with van der Waals surface area (Å²) in [4.78, 5) is 8.61. The number of benzene rings is 2. The highest BCUT2D eigenvalue weighted by atomic mass is 16.5. The molecule has 0 aliphatic heterocycles. The second-order valence-corrected chi connectivity index (χ2v) is 5.69. The highest BCUT2D eigenvalue weighted by Crippen LogP contribution is 2.43. The number of ether oxygens (including phenoxy) is 2. The van der Waals surface area contributed by atoms with Crippen LogP contribution in [-0.2, 0) is 0 Å². The van der Waals surface area contributed by atoms with Crippen molar-refractivity contribution in [2.24, 2.45) is 0 Å². The van der Waals surface area contributed by atoms with Crippen LogP contribution in [0.3, 0.4) is 0 Å². The van der Waals surface area contributed by atoms with Gasteiger partial charge < -0.3 is 13.9 Å². The molecular weight excluding hydrogens is 328 g/mol. The van der Waals surface area contributed by atoms with E-state index in [9.17, 15) is 0 Å². The molecule has 5 nitrogen and oxygen atoms in total. The molecule has 0 unspecified atom stereocenters. The lowest BCUT2D eigenvalue weighted by Gasteiger charge is -2.07. The van der Waals surface area contributed by atoms with Crippen LogP contribution in [0, 0.1) is 0 Å². The molecule has 0 radical (unpaired) electrons. The van der Waals surface area contributed by atoms with Crippen LogP contribution in [0.4, 0.5) is 0 Å². The Morgan fingerprint density at radius 3 is 2.38 bits per heavy atom.